The number of aryl methyl sites for hydroxylation is 1. The zero-order valence-electron chi connectivity index (χ0n) is 15.3. The molecule has 0 atom stereocenters. The average Bonchev–Trinajstić information content (AvgIpc) is 3.35. The molecule has 1 saturated carbocycles. The molecule has 0 aromatic carbocycles. The molecule has 2 fully saturated rings. The van der Waals surface area contributed by atoms with Crippen LogP contribution in [0.1, 0.15) is 61.8 Å². The molecule has 2 aromatic heterocycles. The third kappa shape index (κ3) is 3.81. The number of nitrogens with zero attached hydrogens (tertiary/aromatic N) is 6. The second-order valence-electron chi connectivity index (χ2n) is 7.45. The van der Waals surface area contributed by atoms with Crippen molar-refractivity contribution in [3.8, 4) is 0 Å². The lowest BCUT2D eigenvalue weighted by molar-refractivity contribution is 0.223. The van der Waals surface area contributed by atoms with Crippen LogP contribution in [0.15, 0.2) is 10.5 Å². The first-order valence-electron chi connectivity index (χ1n) is 9.23. The molecule has 1 aliphatic carbocycles. The quantitative estimate of drug-likeness (QED) is 0.826. The van der Waals surface area contributed by atoms with E-state index in [2.05, 4.69) is 44.9 Å². The molecule has 1 aliphatic heterocycles. The van der Waals surface area contributed by atoms with Crippen molar-refractivity contribution in [2.45, 2.75) is 52.0 Å². The Kier molecular flexibility index (Phi) is 4.41. The molecule has 0 bridgehead atoms. The molecule has 0 radical (unpaired) electrons. The second kappa shape index (κ2) is 6.71. The maximum absolute atomic E-state index is 5.78. The van der Waals surface area contributed by atoms with Crippen LogP contribution >= 0.6 is 0 Å². The summed E-state index contributed by atoms with van der Waals surface area (Å²) in [5.41, 5.74) is 1.04. The van der Waals surface area contributed by atoms with Gasteiger partial charge in [-0.25, -0.2) is 9.97 Å². The van der Waals surface area contributed by atoms with Crippen LogP contribution in [0.4, 0.5) is 5.82 Å². The highest BCUT2D eigenvalue weighted by atomic mass is 16.4. The van der Waals surface area contributed by atoms with Gasteiger partial charge in [0.25, 0.3) is 0 Å². The lowest BCUT2D eigenvalue weighted by Gasteiger charge is -2.35. The number of rotatable bonds is 5. The lowest BCUT2D eigenvalue weighted by atomic mass is 10.2. The van der Waals surface area contributed by atoms with E-state index in [0.717, 1.165) is 61.8 Å². The maximum Gasteiger partial charge on any atom is 0.230 e. The molecule has 7 heteroatoms. The highest BCUT2D eigenvalue weighted by Gasteiger charge is 2.30. The minimum atomic E-state index is 0.345. The zero-order chi connectivity index (χ0) is 17.4. The summed E-state index contributed by atoms with van der Waals surface area (Å²) in [6, 6.07) is 2.08. The highest BCUT2D eigenvalue weighted by Crippen LogP contribution is 2.39. The number of hydrogen-bond donors (Lipinski definition) is 0. The standard InChI is InChI=1S/C18H26N6O/c1-12(2)17-19-13(3)10-15(20-17)24-8-6-23(7-9-24)11-16-21-22-18(25-16)14-4-5-14/h10,12,14H,4-9,11H2,1-3H3. The first-order chi connectivity index (χ1) is 12.1. The highest BCUT2D eigenvalue weighted by molar-refractivity contribution is 5.40. The Morgan fingerprint density at radius 3 is 2.56 bits per heavy atom. The monoisotopic (exact) mass is 342 g/mol. The van der Waals surface area contributed by atoms with Crippen molar-refractivity contribution in [2.24, 2.45) is 0 Å². The van der Waals surface area contributed by atoms with Crippen LogP contribution in [0, 0.1) is 6.92 Å². The van der Waals surface area contributed by atoms with Crippen molar-refractivity contribution in [3.63, 3.8) is 0 Å². The predicted molar refractivity (Wildman–Crippen MR) is 94.6 cm³/mol. The Hall–Kier alpha value is -2.02. The van der Waals surface area contributed by atoms with Crippen LogP contribution in [0.5, 0.6) is 0 Å². The Balaban J connectivity index is 1.36. The van der Waals surface area contributed by atoms with E-state index in [9.17, 15) is 0 Å². The van der Waals surface area contributed by atoms with Gasteiger partial charge in [-0.1, -0.05) is 13.8 Å². The Morgan fingerprint density at radius 1 is 1.12 bits per heavy atom. The van der Waals surface area contributed by atoms with Gasteiger partial charge in [0.1, 0.15) is 11.6 Å². The first-order valence-corrected chi connectivity index (χ1v) is 9.23. The van der Waals surface area contributed by atoms with Gasteiger partial charge in [-0.3, -0.25) is 4.90 Å². The molecule has 0 unspecified atom stereocenters. The minimum absolute atomic E-state index is 0.345. The Morgan fingerprint density at radius 2 is 1.88 bits per heavy atom. The summed E-state index contributed by atoms with van der Waals surface area (Å²) in [7, 11) is 0. The number of hydrogen-bond acceptors (Lipinski definition) is 7. The summed E-state index contributed by atoms with van der Waals surface area (Å²) < 4.78 is 5.78. The Labute approximate surface area is 148 Å². The van der Waals surface area contributed by atoms with Gasteiger partial charge >= 0.3 is 0 Å². The van der Waals surface area contributed by atoms with Gasteiger partial charge in [0.2, 0.25) is 11.8 Å². The molecule has 1 saturated heterocycles. The molecule has 2 aromatic rings. The summed E-state index contributed by atoms with van der Waals surface area (Å²) >= 11 is 0. The summed E-state index contributed by atoms with van der Waals surface area (Å²) in [5.74, 6) is 4.41. The third-order valence-electron chi connectivity index (χ3n) is 4.84. The van der Waals surface area contributed by atoms with Gasteiger partial charge in [-0.2, -0.15) is 0 Å². The molecule has 4 rings (SSSR count). The Bertz CT molecular complexity index is 731. The molecule has 2 aliphatic rings. The molecule has 0 N–H and O–H groups in total. The minimum Gasteiger partial charge on any atom is -0.424 e. The van der Waals surface area contributed by atoms with Crippen molar-refractivity contribution < 1.29 is 4.42 Å². The van der Waals surface area contributed by atoms with Crippen LogP contribution in [0.2, 0.25) is 0 Å². The van der Waals surface area contributed by atoms with E-state index < -0.39 is 0 Å². The molecule has 134 valence electrons. The number of piperazine rings is 1. The van der Waals surface area contributed by atoms with Crippen LogP contribution < -0.4 is 4.90 Å². The molecular formula is C18H26N6O. The normalized spacial score (nSPS) is 19.0. The smallest absolute Gasteiger partial charge is 0.230 e. The van der Waals surface area contributed by atoms with E-state index in [-0.39, 0.29) is 0 Å². The summed E-state index contributed by atoms with van der Waals surface area (Å²) in [6.07, 6.45) is 2.38. The van der Waals surface area contributed by atoms with E-state index in [1.54, 1.807) is 0 Å². The van der Waals surface area contributed by atoms with Crippen LogP contribution in [-0.4, -0.2) is 51.2 Å². The fourth-order valence-electron chi connectivity index (χ4n) is 3.15. The van der Waals surface area contributed by atoms with Gasteiger partial charge in [-0.15, -0.1) is 10.2 Å². The molecule has 3 heterocycles. The van der Waals surface area contributed by atoms with E-state index in [4.69, 9.17) is 9.40 Å². The molecule has 0 spiro atoms. The third-order valence-corrected chi connectivity index (χ3v) is 4.84. The zero-order valence-corrected chi connectivity index (χ0v) is 15.3. The number of aromatic nitrogens is 4. The van der Waals surface area contributed by atoms with Crippen molar-refractivity contribution in [1.29, 1.82) is 0 Å². The van der Waals surface area contributed by atoms with Crippen LogP contribution in [0.3, 0.4) is 0 Å². The molecule has 0 amide bonds. The van der Waals surface area contributed by atoms with E-state index in [1.807, 2.05) is 6.92 Å². The van der Waals surface area contributed by atoms with E-state index >= 15 is 0 Å². The number of anilines is 1. The molecule has 25 heavy (non-hydrogen) atoms. The topological polar surface area (TPSA) is 71.2 Å². The summed E-state index contributed by atoms with van der Waals surface area (Å²) in [6.45, 7) is 10.9. The van der Waals surface area contributed by atoms with Crippen molar-refractivity contribution in [1.82, 2.24) is 25.1 Å². The predicted octanol–water partition coefficient (Wildman–Crippen LogP) is 2.49. The van der Waals surface area contributed by atoms with Crippen molar-refractivity contribution in [3.05, 3.63) is 29.4 Å². The van der Waals surface area contributed by atoms with Crippen LogP contribution in [0.25, 0.3) is 0 Å². The first kappa shape index (κ1) is 16.4. The lowest BCUT2D eigenvalue weighted by Crippen LogP contribution is -2.46. The SMILES string of the molecule is Cc1cc(N2CCN(Cc3nnc(C4CC4)o3)CC2)nc(C(C)C)n1. The van der Waals surface area contributed by atoms with E-state index in [0.29, 0.717) is 11.8 Å². The molecule has 7 nitrogen and oxygen atoms in total. The molecular weight excluding hydrogens is 316 g/mol. The summed E-state index contributed by atoms with van der Waals surface area (Å²) in [5, 5.41) is 8.37. The van der Waals surface area contributed by atoms with Gasteiger partial charge in [-0.05, 0) is 19.8 Å². The summed E-state index contributed by atoms with van der Waals surface area (Å²) in [4.78, 5) is 14.0. The van der Waals surface area contributed by atoms with Gasteiger partial charge in [0.05, 0.1) is 6.54 Å². The second-order valence-corrected chi connectivity index (χ2v) is 7.45. The maximum atomic E-state index is 5.78. The van der Waals surface area contributed by atoms with Gasteiger partial charge < -0.3 is 9.32 Å². The average molecular weight is 342 g/mol. The van der Waals surface area contributed by atoms with Crippen LogP contribution in [-0.2, 0) is 6.54 Å². The van der Waals surface area contributed by atoms with Crippen molar-refractivity contribution in [2.75, 3.05) is 31.1 Å². The van der Waals surface area contributed by atoms with Gasteiger partial charge in [0, 0.05) is 49.8 Å². The fraction of sp³-hybridized carbons (Fsp3) is 0.667. The van der Waals surface area contributed by atoms with E-state index in [1.165, 1.54) is 12.8 Å². The largest absolute Gasteiger partial charge is 0.424 e. The fourth-order valence-corrected chi connectivity index (χ4v) is 3.15. The van der Waals surface area contributed by atoms with Gasteiger partial charge in [0.15, 0.2) is 0 Å². The van der Waals surface area contributed by atoms with Crippen molar-refractivity contribution >= 4 is 5.82 Å².